The Balaban J connectivity index is 2.11. The first kappa shape index (κ1) is 13.7. The maximum atomic E-state index is 12.3. The largest absolute Gasteiger partial charge is 0.491 e. The van der Waals surface area contributed by atoms with Gasteiger partial charge in [-0.25, -0.2) is 0 Å². The minimum atomic E-state index is -0.102. The molecule has 1 aromatic rings. The lowest BCUT2D eigenvalue weighted by Crippen LogP contribution is -2.40. The van der Waals surface area contributed by atoms with Gasteiger partial charge in [0, 0.05) is 6.04 Å². The lowest BCUT2D eigenvalue weighted by atomic mass is 9.80. The van der Waals surface area contributed by atoms with Crippen LogP contribution in [0.3, 0.4) is 0 Å². The smallest absolute Gasteiger partial charge is 0.255 e. The molecule has 1 fully saturated rings. The summed E-state index contributed by atoms with van der Waals surface area (Å²) in [6, 6.07) is 5.49. The molecule has 4 nitrogen and oxygen atoms in total. The molecule has 1 saturated carbocycles. The second-order valence-corrected chi connectivity index (χ2v) is 5.11. The Hall–Kier alpha value is -1.71. The zero-order valence-electron chi connectivity index (χ0n) is 11.6. The van der Waals surface area contributed by atoms with Crippen molar-refractivity contribution in [2.24, 2.45) is 5.92 Å². The van der Waals surface area contributed by atoms with Crippen molar-refractivity contribution < 1.29 is 9.53 Å². The molecule has 1 aromatic carbocycles. The molecule has 0 bridgehead atoms. The van der Waals surface area contributed by atoms with E-state index in [1.165, 1.54) is 19.3 Å². The molecule has 1 unspecified atom stereocenters. The number of carbonyl (C=O) groups is 1. The maximum Gasteiger partial charge on any atom is 0.255 e. The summed E-state index contributed by atoms with van der Waals surface area (Å²) in [7, 11) is 0. The topological polar surface area (TPSA) is 64.3 Å². The van der Waals surface area contributed by atoms with Crippen LogP contribution in [0.25, 0.3) is 0 Å². The van der Waals surface area contributed by atoms with E-state index >= 15 is 0 Å². The number of anilines is 1. The van der Waals surface area contributed by atoms with Gasteiger partial charge in [-0.3, -0.25) is 4.79 Å². The second-order valence-electron chi connectivity index (χ2n) is 5.11. The standard InChI is InChI=1S/C15H22N2O2/c1-3-19-14-12(8-5-9-13(14)16)15(18)17-10(2)11-6-4-7-11/h5,8-11H,3-4,6-7,16H2,1-2H3,(H,17,18). The Morgan fingerprint density at radius 2 is 2.26 bits per heavy atom. The van der Waals surface area contributed by atoms with Crippen molar-refractivity contribution in [1.29, 1.82) is 0 Å². The van der Waals surface area contributed by atoms with Gasteiger partial charge < -0.3 is 15.8 Å². The van der Waals surface area contributed by atoms with E-state index in [1.807, 2.05) is 6.92 Å². The first-order chi connectivity index (χ1) is 9.13. The van der Waals surface area contributed by atoms with Crippen LogP contribution in [0, 0.1) is 5.92 Å². The third-order valence-electron chi connectivity index (χ3n) is 3.79. The van der Waals surface area contributed by atoms with E-state index < -0.39 is 0 Å². The summed E-state index contributed by atoms with van der Waals surface area (Å²) in [5.41, 5.74) is 6.89. The predicted octanol–water partition coefficient (Wildman–Crippen LogP) is 2.59. The fraction of sp³-hybridized carbons (Fsp3) is 0.533. The highest BCUT2D eigenvalue weighted by molar-refractivity contribution is 5.98. The van der Waals surface area contributed by atoms with Crippen LogP contribution in [0.5, 0.6) is 5.75 Å². The van der Waals surface area contributed by atoms with E-state index in [2.05, 4.69) is 12.2 Å². The summed E-state index contributed by atoms with van der Waals surface area (Å²) >= 11 is 0. The van der Waals surface area contributed by atoms with Crippen LogP contribution in [0.4, 0.5) is 5.69 Å². The van der Waals surface area contributed by atoms with Crippen LogP contribution in [-0.2, 0) is 0 Å². The first-order valence-corrected chi connectivity index (χ1v) is 6.95. The van der Waals surface area contributed by atoms with Gasteiger partial charge in [-0.15, -0.1) is 0 Å². The van der Waals surface area contributed by atoms with Crippen LogP contribution in [0.1, 0.15) is 43.5 Å². The van der Waals surface area contributed by atoms with E-state index in [0.717, 1.165) is 0 Å². The normalized spacial score (nSPS) is 16.5. The van der Waals surface area contributed by atoms with E-state index in [0.29, 0.717) is 29.5 Å². The number of rotatable bonds is 5. The number of hydrogen-bond acceptors (Lipinski definition) is 3. The molecule has 3 N–H and O–H groups in total. The average Bonchev–Trinajstić information content (AvgIpc) is 2.29. The minimum absolute atomic E-state index is 0.102. The van der Waals surface area contributed by atoms with Crippen molar-refractivity contribution >= 4 is 11.6 Å². The highest BCUT2D eigenvalue weighted by atomic mass is 16.5. The number of para-hydroxylation sites is 1. The van der Waals surface area contributed by atoms with E-state index in [4.69, 9.17) is 10.5 Å². The number of carbonyl (C=O) groups excluding carboxylic acids is 1. The molecular weight excluding hydrogens is 240 g/mol. The molecular formula is C15H22N2O2. The molecule has 0 heterocycles. The van der Waals surface area contributed by atoms with E-state index in [1.54, 1.807) is 18.2 Å². The number of nitrogens with one attached hydrogen (secondary N) is 1. The van der Waals surface area contributed by atoms with Gasteiger partial charge in [-0.2, -0.15) is 0 Å². The number of hydrogen-bond donors (Lipinski definition) is 2. The lowest BCUT2D eigenvalue weighted by Gasteiger charge is -2.32. The Kier molecular flexibility index (Phi) is 4.30. The summed E-state index contributed by atoms with van der Waals surface area (Å²) in [4.78, 5) is 12.3. The lowest BCUT2D eigenvalue weighted by molar-refractivity contribution is 0.0905. The number of ether oxygens (including phenoxy) is 1. The van der Waals surface area contributed by atoms with Crippen molar-refractivity contribution in [3.8, 4) is 5.75 Å². The van der Waals surface area contributed by atoms with E-state index in [-0.39, 0.29) is 11.9 Å². The monoisotopic (exact) mass is 262 g/mol. The molecule has 0 radical (unpaired) electrons. The molecule has 1 amide bonds. The molecule has 0 aromatic heterocycles. The number of benzene rings is 1. The van der Waals surface area contributed by atoms with Crippen molar-refractivity contribution in [3.63, 3.8) is 0 Å². The Morgan fingerprint density at radius 3 is 2.84 bits per heavy atom. The Morgan fingerprint density at radius 1 is 1.53 bits per heavy atom. The van der Waals surface area contributed by atoms with Crippen LogP contribution in [0.15, 0.2) is 18.2 Å². The molecule has 104 valence electrons. The molecule has 19 heavy (non-hydrogen) atoms. The maximum absolute atomic E-state index is 12.3. The number of nitrogens with two attached hydrogens (primary N) is 1. The SMILES string of the molecule is CCOc1c(N)cccc1C(=O)NC(C)C1CCC1. The fourth-order valence-corrected chi connectivity index (χ4v) is 2.38. The quantitative estimate of drug-likeness (QED) is 0.802. The molecule has 4 heteroatoms. The van der Waals surface area contributed by atoms with Gasteiger partial charge in [0.2, 0.25) is 0 Å². The molecule has 2 rings (SSSR count). The molecule has 0 saturated heterocycles. The third kappa shape index (κ3) is 3.00. The molecule has 1 aliphatic rings. The number of amides is 1. The van der Waals surface area contributed by atoms with Crippen LogP contribution in [-0.4, -0.2) is 18.6 Å². The second kappa shape index (κ2) is 5.95. The van der Waals surface area contributed by atoms with Gasteiger partial charge in [-0.1, -0.05) is 12.5 Å². The Labute approximate surface area is 114 Å². The summed E-state index contributed by atoms with van der Waals surface area (Å²) in [5, 5.41) is 3.05. The minimum Gasteiger partial charge on any atom is -0.491 e. The zero-order chi connectivity index (χ0) is 13.8. The van der Waals surface area contributed by atoms with Gasteiger partial charge in [0.05, 0.1) is 17.9 Å². The van der Waals surface area contributed by atoms with Crippen molar-refractivity contribution in [2.75, 3.05) is 12.3 Å². The van der Waals surface area contributed by atoms with Crippen molar-refractivity contribution in [1.82, 2.24) is 5.32 Å². The Bertz CT molecular complexity index is 455. The summed E-state index contributed by atoms with van der Waals surface area (Å²) in [6.07, 6.45) is 3.68. The predicted molar refractivity (Wildman–Crippen MR) is 76.3 cm³/mol. The van der Waals surface area contributed by atoms with Crippen LogP contribution >= 0.6 is 0 Å². The van der Waals surface area contributed by atoms with Gasteiger partial charge in [0.15, 0.2) is 5.75 Å². The summed E-state index contributed by atoms with van der Waals surface area (Å²) < 4.78 is 5.49. The van der Waals surface area contributed by atoms with Gasteiger partial charge in [-0.05, 0) is 44.7 Å². The fourth-order valence-electron chi connectivity index (χ4n) is 2.38. The third-order valence-corrected chi connectivity index (χ3v) is 3.79. The van der Waals surface area contributed by atoms with Crippen LogP contribution in [0.2, 0.25) is 0 Å². The van der Waals surface area contributed by atoms with E-state index in [9.17, 15) is 4.79 Å². The highest BCUT2D eigenvalue weighted by Crippen LogP contribution is 2.30. The van der Waals surface area contributed by atoms with Gasteiger partial charge in [0.25, 0.3) is 5.91 Å². The number of nitrogen functional groups attached to an aromatic ring is 1. The molecule has 0 aliphatic heterocycles. The van der Waals surface area contributed by atoms with Crippen LogP contribution < -0.4 is 15.8 Å². The molecule has 1 aliphatic carbocycles. The average molecular weight is 262 g/mol. The molecule has 1 atom stereocenters. The summed E-state index contributed by atoms with van der Waals surface area (Å²) in [6.45, 7) is 4.44. The van der Waals surface area contributed by atoms with Gasteiger partial charge >= 0.3 is 0 Å². The first-order valence-electron chi connectivity index (χ1n) is 6.95. The zero-order valence-corrected chi connectivity index (χ0v) is 11.6. The summed E-state index contributed by atoms with van der Waals surface area (Å²) in [5.74, 6) is 0.999. The highest BCUT2D eigenvalue weighted by Gasteiger charge is 2.26. The molecule has 0 spiro atoms. The van der Waals surface area contributed by atoms with Gasteiger partial charge in [0.1, 0.15) is 0 Å². The van der Waals surface area contributed by atoms with Crippen molar-refractivity contribution in [2.45, 2.75) is 39.2 Å². The van der Waals surface area contributed by atoms with Crippen molar-refractivity contribution in [3.05, 3.63) is 23.8 Å².